The molecule has 0 aliphatic rings. The van der Waals surface area contributed by atoms with Gasteiger partial charge in [-0.1, -0.05) is 206 Å². The second-order valence-electron chi connectivity index (χ2n) is 15.9. The molecule has 0 N–H and O–H groups in total. The Morgan fingerprint density at radius 3 is 0.729 bits per heavy atom. The Morgan fingerprint density at radius 1 is 0.396 bits per heavy atom. The van der Waals surface area contributed by atoms with Gasteiger partial charge < -0.3 is 21.8 Å². The Balaban J connectivity index is -0.00000110. The van der Waals surface area contributed by atoms with Crippen molar-refractivity contribution < 1.29 is 16.9 Å². The Kier molecular flexibility index (Phi) is 54.1. The molecule has 0 fully saturated rings. The van der Waals surface area contributed by atoms with Crippen LogP contribution in [0.25, 0.3) is 0 Å². The van der Waals surface area contributed by atoms with E-state index >= 15 is 0 Å². The summed E-state index contributed by atoms with van der Waals surface area (Å²) in [4.78, 5) is 2.06. The van der Waals surface area contributed by atoms with E-state index < -0.39 is 0 Å². The Morgan fingerprint density at radius 2 is 0.583 bits per heavy atom. The maximum Gasteiger partial charge on any atom is 0.0782 e. The number of hydrogen-bond acceptors (Lipinski definition) is 1. The molecule has 0 unspecified atom stereocenters. The third kappa shape index (κ3) is 53.0. The highest BCUT2D eigenvalue weighted by atomic mass is 35.5. The number of halogens is 2. The van der Waals surface area contributed by atoms with Crippen LogP contribution in [0.15, 0.2) is 12.7 Å². The van der Waals surface area contributed by atoms with Gasteiger partial charge in [0.25, 0.3) is 0 Å². The summed E-state index contributed by atoms with van der Waals surface area (Å²) in [5.41, 5.74) is 0. The van der Waals surface area contributed by atoms with Crippen LogP contribution in [0.4, 0.5) is 0 Å². The first-order chi connectivity index (χ1) is 22.4. The first kappa shape index (κ1) is 55.0. The lowest BCUT2D eigenvalue weighted by Gasteiger charge is -2.30. The lowest BCUT2D eigenvalue weighted by atomic mass is 10.0. The largest absolute Gasteiger partial charge is 1.00 e. The SMILES string of the molecule is C=CCN(C)C.CCCCCCCCCCCCCCCCCCC[N+](C)(C)CCCCCCCCCCCCCCCCCC.Cl.[Cl-]. The van der Waals surface area contributed by atoms with Crippen molar-refractivity contribution in [3.8, 4) is 0 Å². The van der Waals surface area contributed by atoms with Crippen LogP contribution in [-0.4, -0.2) is 57.2 Å². The first-order valence-corrected chi connectivity index (χ1v) is 21.5. The van der Waals surface area contributed by atoms with E-state index in [4.69, 9.17) is 0 Å². The van der Waals surface area contributed by atoms with Crippen molar-refractivity contribution in [1.29, 1.82) is 0 Å². The maximum atomic E-state index is 3.56. The highest BCUT2D eigenvalue weighted by molar-refractivity contribution is 5.85. The van der Waals surface area contributed by atoms with E-state index in [1.807, 2.05) is 20.2 Å². The summed E-state index contributed by atoms with van der Waals surface area (Å²) in [5, 5.41) is 0. The van der Waals surface area contributed by atoms with Crippen molar-refractivity contribution >= 4 is 12.4 Å². The molecular formula is C44H94Cl2N2. The highest BCUT2D eigenvalue weighted by Gasteiger charge is 2.13. The fourth-order valence-corrected chi connectivity index (χ4v) is 6.72. The topological polar surface area (TPSA) is 3.24 Å². The van der Waals surface area contributed by atoms with Crippen LogP contribution in [0.5, 0.6) is 0 Å². The lowest BCUT2D eigenvalue weighted by molar-refractivity contribution is -0.890. The van der Waals surface area contributed by atoms with Gasteiger partial charge in [-0.2, -0.15) is 0 Å². The summed E-state index contributed by atoms with van der Waals surface area (Å²) in [7, 11) is 8.97. The minimum Gasteiger partial charge on any atom is -1.00 e. The molecule has 0 bridgehead atoms. The molecule has 0 heterocycles. The summed E-state index contributed by atoms with van der Waals surface area (Å²) in [5.74, 6) is 0. The molecule has 2 nitrogen and oxygen atoms in total. The van der Waals surface area contributed by atoms with Crippen molar-refractivity contribution in [1.82, 2.24) is 4.90 Å². The number of hydrogen-bond donors (Lipinski definition) is 0. The van der Waals surface area contributed by atoms with E-state index in [-0.39, 0.29) is 24.8 Å². The third-order valence-corrected chi connectivity index (χ3v) is 9.98. The van der Waals surface area contributed by atoms with Crippen molar-refractivity contribution in [2.75, 3.05) is 47.8 Å². The normalized spacial score (nSPS) is 11.1. The summed E-state index contributed by atoms with van der Waals surface area (Å²) < 4.78 is 1.25. The number of quaternary nitrogens is 1. The predicted octanol–water partition coefficient (Wildman–Crippen LogP) is 12.1. The first-order valence-electron chi connectivity index (χ1n) is 21.5. The van der Waals surface area contributed by atoms with Crippen molar-refractivity contribution in [2.24, 2.45) is 0 Å². The van der Waals surface area contributed by atoms with Gasteiger partial charge in [-0.05, 0) is 39.8 Å². The molecule has 294 valence electrons. The average molecular weight is 722 g/mol. The summed E-state index contributed by atoms with van der Waals surface area (Å²) >= 11 is 0. The Bertz CT molecular complexity index is 552. The maximum absolute atomic E-state index is 3.56. The van der Waals surface area contributed by atoms with Crippen LogP contribution in [0.3, 0.4) is 0 Å². The fraction of sp³-hybridized carbons (Fsp3) is 0.955. The van der Waals surface area contributed by atoms with Crippen LogP contribution < -0.4 is 12.4 Å². The average Bonchev–Trinajstić information content (AvgIpc) is 3.02. The van der Waals surface area contributed by atoms with Crippen molar-refractivity contribution in [2.45, 2.75) is 226 Å². The van der Waals surface area contributed by atoms with Gasteiger partial charge in [0, 0.05) is 6.54 Å². The number of likely N-dealkylation sites (N-methyl/N-ethyl adjacent to an activating group) is 1. The molecule has 0 aromatic carbocycles. The molecule has 0 rings (SSSR count). The van der Waals surface area contributed by atoms with E-state index in [9.17, 15) is 0 Å². The summed E-state index contributed by atoms with van der Waals surface area (Å²) in [6.07, 6.45) is 50.3. The third-order valence-electron chi connectivity index (χ3n) is 9.98. The van der Waals surface area contributed by atoms with E-state index in [2.05, 4.69) is 39.4 Å². The Hall–Kier alpha value is 0.240. The molecule has 0 aliphatic heterocycles. The molecule has 0 spiro atoms. The highest BCUT2D eigenvalue weighted by Crippen LogP contribution is 2.16. The van der Waals surface area contributed by atoms with Crippen LogP contribution in [0.2, 0.25) is 0 Å². The van der Waals surface area contributed by atoms with Gasteiger partial charge in [-0.25, -0.2) is 0 Å². The van der Waals surface area contributed by atoms with Crippen LogP contribution >= 0.6 is 12.4 Å². The molecule has 0 saturated heterocycles. The smallest absolute Gasteiger partial charge is 0.0782 e. The zero-order valence-corrected chi connectivity index (χ0v) is 36.0. The molecule has 0 amide bonds. The molecular weight excluding hydrogens is 627 g/mol. The Labute approximate surface area is 319 Å². The van der Waals surface area contributed by atoms with E-state index in [1.165, 1.54) is 229 Å². The lowest BCUT2D eigenvalue weighted by Crippen LogP contribution is -3.00. The number of nitrogens with zero attached hydrogens (tertiary/aromatic N) is 2. The molecule has 0 aromatic heterocycles. The zero-order chi connectivity index (χ0) is 34.2. The van der Waals surface area contributed by atoms with Gasteiger partial charge in [0.15, 0.2) is 0 Å². The van der Waals surface area contributed by atoms with Gasteiger partial charge in [-0.3, -0.25) is 0 Å². The fourth-order valence-electron chi connectivity index (χ4n) is 6.72. The van der Waals surface area contributed by atoms with E-state index in [0.29, 0.717) is 0 Å². The van der Waals surface area contributed by atoms with Gasteiger partial charge in [0.2, 0.25) is 0 Å². The summed E-state index contributed by atoms with van der Waals surface area (Å²) in [6, 6.07) is 0. The van der Waals surface area contributed by atoms with Crippen molar-refractivity contribution in [3.05, 3.63) is 12.7 Å². The second-order valence-corrected chi connectivity index (χ2v) is 15.9. The summed E-state index contributed by atoms with van der Waals surface area (Å²) in [6.45, 7) is 11.9. The van der Waals surface area contributed by atoms with Crippen molar-refractivity contribution in [3.63, 3.8) is 0 Å². The van der Waals surface area contributed by atoms with Gasteiger partial charge in [0.05, 0.1) is 27.2 Å². The molecule has 4 heteroatoms. The second kappa shape index (κ2) is 47.2. The monoisotopic (exact) mass is 721 g/mol. The van der Waals surface area contributed by atoms with Gasteiger partial charge in [0.1, 0.15) is 0 Å². The molecule has 0 aliphatic carbocycles. The number of unbranched alkanes of at least 4 members (excludes halogenated alkanes) is 31. The standard InChI is InChI=1S/C39H82N.C5H11N.2ClH/c1-5-7-9-11-13-15-17-19-21-23-25-27-29-31-33-35-37-39-40(3,4)38-36-34-32-30-28-26-24-22-20-18-16-14-12-10-8-6-2;1-4-5-6(2)3;;/h5-39H2,1-4H3;4H,1,5H2,2-3H3;2*1H/q+1;;;/p-1. The van der Waals surface area contributed by atoms with Crippen LogP contribution in [0, 0.1) is 0 Å². The van der Waals surface area contributed by atoms with Crippen LogP contribution in [-0.2, 0) is 0 Å². The molecule has 0 saturated carbocycles. The molecule has 0 aromatic rings. The predicted molar refractivity (Wildman–Crippen MR) is 222 cm³/mol. The molecule has 0 atom stereocenters. The zero-order valence-electron chi connectivity index (χ0n) is 34.4. The van der Waals surface area contributed by atoms with E-state index in [0.717, 1.165) is 6.54 Å². The molecule has 0 radical (unpaired) electrons. The van der Waals surface area contributed by atoms with Crippen LogP contribution in [0.1, 0.15) is 226 Å². The van der Waals surface area contributed by atoms with Gasteiger partial charge >= 0.3 is 0 Å². The molecule has 48 heavy (non-hydrogen) atoms. The van der Waals surface area contributed by atoms with E-state index in [1.54, 1.807) is 0 Å². The quantitative estimate of drug-likeness (QED) is 0.0351. The number of rotatable bonds is 37. The minimum absolute atomic E-state index is 0. The minimum atomic E-state index is 0. The van der Waals surface area contributed by atoms with Gasteiger partial charge in [-0.15, -0.1) is 19.0 Å².